The smallest absolute Gasteiger partial charge is 0.177 e. The molecule has 0 unspecified atom stereocenters. The van der Waals surface area contributed by atoms with Gasteiger partial charge in [-0.2, -0.15) is 4.39 Å². The van der Waals surface area contributed by atoms with Crippen molar-refractivity contribution in [1.29, 1.82) is 0 Å². The van der Waals surface area contributed by atoms with Crippen LogP contribution in [0.4, 0.5) is 4.39 Å². The summed E-state index contributed by atoms with van der Waals surface area (Å²) in [6.07, 6.45) is 0. The van der Waals surface area contributed by atoms with Gasteiger partial charge in [-0.05, 0) is 33.0 Å². The van der Waals surface area contributed by atoms with Crippen molar-refractivity contribution in [3.8, 4) is 0 Å². The molecule has 1 rings (SSSR count). The third kappa shape index (κ3) is 2.03. The molecule has 0 fully saturated rings. The maximum absolute atomic E-state index is 12.7. The molecular weight excluding hydrogens is 227 g/mol. The Kier molecular flexibility index (Phi) is 2.40. The first-order valence-electron chi connectivity index (χ1n) is 3.36. The van der Waals surface area contributed by atoms with E-state index in [1.807, 2.05) is 0 Å². The molecule has 0 radical (unpaired) electrons. The highest BCUT2D eigenvalue weighted by Crippen LogP contribution is 2.35. The summed E-state index contributed by atoms with van der Waals surface area (Å²) in [7, 11) is 0. The molecule has 1 aromatic heterocycles. The first-order valence-corrected chi connectivity index (χ1v) is 4.97. The molecule has 0 aliphatic rings. The number of thiophene rings is 1. The predicted molar refractivity (Wildman–Crippen MR) is 50.7 cm³/mol. The van der Waals surface area contributed by atoms with E-state index in [1.165, 1.54) is 0 Å². The zero-order valence-corrected chi connectivity index (χ0v) is 9.14. The van der Waals surface area contributed by atoms with Gasteiger partial charge in [0.05, 0.1) is 3.79 Å². The van der Waals surface area contributed by atoms with Crippen LogP contribution in [0.2, 0.25) is 0 Å². The maximum Gasteiger partial charge on any atom is 0.177 e. The molecular formula is C8H10BrFS. The van der Waals surface area contributed by atoms with Crippen LogP contribution in [-0.2, 0) is 5.41 Å². The van der Waals surface area contributed by atoms with Crippen LogP contribution in [-0.4, -0.2) is 0 Å². The van der Waals surface area contributed by atoms with Gasteiger partial charge >= 0.3 is 0 Å². The Labute approximate surface area is 78.6 Å². The summed E-state index contributed by atoms with van der Waals surface area (Å²) >= 11 is 4.48. The van der Waals surface area contributed by atoms with Gasteiger partial charge in [-0.1, -0.05) is 32.1 Å². The fourth-order valence-corrected chi connectivity index (χ4v) is 2.85. The van der Waals surface area contributed by atoms with E-state index in [2.05, 4.69) is 36.7 Å². The molecule has 62 valence electrons. The predicted octanol–water partition coefficient (Wildman–Crippen LogP) is 3.95. The van der Waals surface area contributed by atoms with Crippen LogP contribution >= 0.6 is 27.3 Å². The molecule has 1 aromatic rings. The van der Waals surface area contributed by atoms with Crippen LogP contribution in [0.1, 0.15) is 26.3 Å². The first kappa shape index (κ1) is 9.20. The summed E-state index contributed by atoms with van der Waals surface area (Å²) < 4.78 is 13.6. The molecule has 1 heterocycles. The second-order valence-electron chi connectivity index (χ2n) is 3.49. The van der Waals surface area contributed by atoms with Gasteiger partial charge in [-0.15, -0.1) is 0 Å². The lowest BCUT2D eigenvalue weighted by atomic mass is 9.89. The fraction of sp³-hybridized carbons (Fsp3) is 0.500. The second-order valence-corrected chi connectivity index (χ2v) is 5.81. The van der Waals surface area contributed by atoms with Gasteiger partial charge in [0.2, 0.25) is 0 Å². The Bertz CT molecular complexity index is 260. The minimum Gasteiger partial charge on any atom is -0.195 e. The van der Waals surface area contributed by atoms with Crippen molar-refractivity contribution >= 4 is 27.3 Å². The Morgan fingerprint density at radius 1 is 1.45 bits per heavy atom. The van der Waals surface area contributed by atoms with Crippen molar-refractivity contribution in [1.82, 2.24) is 0 Å². The van der Waals surface area contributed by atoms with E-state index in [4.69, 9.17) is 0 Å². The Hall–Kier alpha value is 0.110. The summed E-state index contributed by atoms with van der Waals surface area (Å²) in [6, 6.07) is 1.59. The molecule has 0 bridgehead atoms. The average molecular weight is 237 g/mol. The standard InChI is InChI=1S/C8H10BrFS/c1-8(2,3)5-4-6(10)11-7(5)9/h4H,1-3H3. The van der Waals surface area contributed by atoms with Crippen molar-refractivity contribution in [3.05, 3.63) is 20.5 Å². The van der Waals surface area contributed by atoms with Gasteiger partial charge in [0.25, 0.3) is 0 Å². The van der Waals surface area contributed by atoms with Crippen molar-refractivity contribution in [2.45, 2.75) is 26.2 Å². The van der Waals surface area contributed by atoms with E-state index >= 15 is 0 Å². The molecule has 0 N–H and O–H groups in total. The van der Waals surface area contributed by atoms with E-state index in [9.17, 15) is 4.39 Å². The van der Waals surface area contributed by atoms with Crippen molar-refractivity contribution in [3.63, 3.8) is 0 Å². The summed E-state index contributed by atoms with van der Waals surface area (Å²) in [4.78, 5) is 0. The highest BCUT2D eigenvalue weighted by Gasteiger charge is 2.19. The summed E-state index contributed by atoms with van der Waals surface area (Å²) in [5.74, 6) is 0. The molecule has 0 atom stereocenters. The average Bonchev–Trinajstić information content (AvgIpc) is 2.08. The molecule has 0 aromatic carbocycles. The van der Waals surface area contributed by atoms with Gasteiger partial charge in [0, 0.05) is 0 Å². The van der Waals surface area contributed by atoms with E-state index in [0.29, 0.717) is 0 Å². The largest absolute Gasteiger partial charge is 0.195 e. The maximum atomic E-state index is 12.7. The van der Waals surface area contributed by atoms with E-state index in [1.54, 1.807) is 6.07 Å². The van der Waals surface area contributed by atoms with Crippen LogP contribution in [0.25, 0.3) is 0 Å². The van der Waals surface area contributed by atoms with E-state index < -0.39 is 0 Å². The molecule has 0 spiro atoms. The van der Waals surface area contributed by atoms with Gasteiger partial charge in [0.1, 0.15) is 0 Å². The van der Waals surface area contributed by atoms with Crippen LogP contribution in [0, 0.1) is 5.13 Å². The third-order valence-corrected chi connectivity index (χ3v) is 3.09. The molecule has 11 heavy (non-hydrogen) atoms. The normalized spacial score (nSPS) is 12.1. The highest BCUT2D eigenvalue weighted by molar-refractivity contribution is 9.11. The lowest BCUT2D eigenvalue weighted by Crippen LogP contribution is -2.09. The molecule has 0 saturated heterocycles. The van der Waals surface area contributed by atoms with Gasteiger partial charge in [-0.25, -0.2) is 0 Å². The first-order chi connectivity index (χ1) is 4.91. The van der Waals surface area contributed by atoms with Crippen molar-refractivity contribution < 1.29 is 4.39 Å². The van der Waals surface area contributed by atoms with Gasteiger partial charge < -0.3 is 0 Å². The van der Waals surface area contributed by atoms with Gasteiger partial charge in [0.15, 0.2) is 5.13 Å². The van der Waals surface area contributed by atoms with Crippen LogP contribution < -0.4 is 0 Å². The number of hydrogen-bond acceptors (Lipinski definition) is 1. The van der Waals surface area contributed by atoms with Gasteiger partial charge in [-0.3, -0.25) is 0 Å². The highest BCUT2D eigenvalue weighted by atomic mass is 79.9. The van der Waals surface area contributed by atoms with Crippen molar-refractivity contribution in [2.24, 2.45) is 0 Å². The molecule has 0 nitrogen and oxygen atoms in total. The number of halogens is 2. The summed E-state index contributed by atoms with van der Waals surface area (Å²) in [5, 5.41) is -0.123. The fourth-order valence-electron chi connectivity index (χ4n) is 0.852. The van der Waals surface area contributed by atoms with Crippen LogP contribution in [0.3, 0.4) is 0 Å². The summed E-state index contributed by atoms with van der Waals surface area (Å²) in [6.45, 7) is 6.21. The quantitative estimate of drug-likeness (QED) is 0.640. The monoisotopic (exact) mass is 236 g/mol. The van der Waals surface area contributed by atoms with E-state index in [-0.39, 0.29) is 10.5 Å². The molecule has 0 aliphatic heterocycles. The Morgan fingerprint density at radius 3 is 2.18 bits per heavy atom. The summed E-state index contributed by atoms with van der Waals surface area (Å²) in [5.41, 5.74) is 1.07. The second kappa shape index (κ2) is 2.87. The van der Waals surface area contributed by atoms with Crippen molar-refractivity contribution in [2.75, 3.05) is 0 Å². The number of rotatable bonds is 0. The van der Waals surface area contributed by atoms with Crippen LogP contribution in [0.5, 0.6) is 0 Å². The minimum absolute atomic E-state index is 0.0275. The molecule has 0 amide bonds. The number of hydrogen-bond donors (Lipinski definition) is 0. The SMILES string of the molecule is CC(C)(C)c1cc(F)sc1Br. The minimum atomic E-state index is -0.123. The van der Waals surface area contributed by atoms with Crippen LogP contribution in [0.15, 0.2) is 9.85 Å². The zero-order chi connectivity index (χ0) is 8.65. The topological polar surface area (TPSA) is 0 Å². The lowest BCUT2D eigenvalue weighted by Gasteiger charge is -2.16. The Balaban J connectivity index is 3.13. The Morgan fingerprint density at radius 2 is 2.00 bits per heavy atom. The molecule has 0 aliphatic carbocycles. The zero-order valence-electron chi connectivity index (χ0n) is 6.74. The molecule has 3 heteroatoms. The lowest BCUT2D eigenvalue weighted by molar-refractivity contribution is 0.583. The molecule has 0 saturated carbocycles. The van der Waals surface area contributed by atoms with E-state index in [0.717, 1.165) is 20.7 Å². The third-order valence-electron chi connectivity index (χ3n) is 1.46.